The Balaban J connectivity index is 1.53. The summed E-state index contributed by atoms with van der Waals surface area (Å²) >= 11 is 0. The van der Waals surface area contributed by atoms with Gasteiger partial charge in [0, 0.05) is 5.56 Å². The molecule has 29 heavy (non-hydrogen) atoms. The SMILES string of the molecule is O=C(OCc1nnc(-c2ccccc2)o1)C1(S(=O)(=O)c2ccccc2)CCCC1. The largest absolute Gasteiger partial charge is 0.454 e. The second-order valence-corrected chi connectivity index (χ2v) is 9.22. The molecule has 1 aliphatic carbocycles. The molecule has 0 bridgehead atoms. The zero-order valence-electron chi connectivity index (χ0n) is 15.7. The minimum absolute atomic E-state index is 0.113. The van der Waals surface area contributed by atoms with Crippen LogP contribution in [0.15, 0.2) is 70.0 Å². The fourth-order valence-electron chi connectivity index (χ4n) is 3.62. The summed E-state index contributed by atoms with van der Waals surface area (Å²) in [6.07, 6.45) is 1.78. The monoisotopic (exact) mass is 412 g/mol. The van der Waals surface area contributed by atoms with Crippen LogP contribution in [0.25, 0.3) is 11.5 Å². The van der Waals surface area contributed by atoms with Crippen LogP contribution in [0.3, 0.4) is 0 Å². The summed E-state index contributed by atoms with van der Waals surface area (Å²) in [5, 5.41) is 7.84. The number of hydrogen-bond donors (Lipinski definition) is 0. The van der Waals surface area contributed by atoms with Gasteiger partial charge in [-0.2, -0.15) is 0 Å². The summed E-state index contributed by atoms with van der Waals surface area (Å²) in [4.78, 5) is 13.1. The van der Waals surface area contributed by atoms with Crippen LogP contribution in [0, 0.1) is 0 Å². The van der Waals surface area contributed by atoms with Crippen LogP contribution in [0.4, 0.5) is 0 Å². The van der Waals surface area contributed by atoms with Gasteiger partial charge in [-0.3, -0.25) is 4.79 Å². The molecule has 0 spiro atoms. The molecule has 8 heteroatoms. The number of carbonyl (C=O) groups is 1. The van der Waals surface area contributed by atoms with E-state index in [0.29, 0.717) is 18.7 Å². The van der Waals surface area contributed by atoms with Gasteiger partial charge >= 0.3 is 5.97 Å². The van der Waals surface area contributed by atoms with Crippen molar-refractivity contribution < 1.29 is 22.4 Å². The van der Waals surface area contributed by atoms with Crippen LogP contribution in [-0.4, -0.2) is 29.3 Å². The van der Waals surface area contributed by atoms with Crippen LogP contribution in [0.5, 0.6) is 0 Å². The molecule has 1 heterocycles. The average molecular weight is 412 g/mol. The summed E-state index contributed by atoms with van der Waals surface area (Å²) in [5.74, 6) is -0.343. The third-order valence-electron chi connectivity index (χ3n) is 5.17. The van der Waals surface area contributed by atoms with E-state index < -0.39 is 20.6 Å². The lowest BCUT2D eigenvalue weighted by molar-refractivity contribution is -0.148. The number of carbonyl (C=O) groups excluding carboxylic acids is 1. The molecule has 1 saturated carbocycles. The quantitative estimate of drug-likeness (QED) is 0.571. The highest BCUT2D eigenvalue weighted by Crippen LogP contribution is 2.41. The number of nitrogens with zero attached hydrogens (tertiary/aromatic N) is 2. The first-order chi connectivity index (χ1) is 14.0. The molecule has 0 radical (unpaired) electrons. The molecule has 1 fully saturated rings. The molecule has 150 valence electrons. The van der Waals surface area contributed by atoms with E-state index in [1.54, 1.807) is 18.2 Å². The Morgan fingerprint density at radius 2 is 1.59 bits per heavy atom. The molecule has 4 rings (SSSR count). The number of rotatable bonds is 6. The molecule has 0 aliphatic heterocycles. The zero-order valence-corrected chi connectivity index (χ0v) is 16.5. The van der Waals surface area contributed by atoms with Crippen molar-refractivity contribution in [1.82, 2.24) is 10.2 Å². The number of sulfone groups is 1. The van der Waals surface area contributed by atoms with Crippen molar-refractivity contribution in [2.45, 2.75) is 41.9 Å². The molecule has 0 unspecified atom stereocenters. The Bertz CT molecular complexity index is 1090. The number of ether oxygens (including phenoxy) is 1. The highest BCUT2D eigenvalue weighted by Gasteiger charge is 2.54. The van der Waals surface area contributed by atoms with E-state index in [4.69, 9.17) is 9.15 Å². The van der Waals surface area contributed by atoms with Gasteiger partial charge in [0.05, 0.1) is 4.90 Å². The average Bonchev–Trinajstić information content (AvgIpc) is 3.44. The smallest absolute Gasteiger partial charge is 0.328 e. The maximum absolute atomic E-state index is 13.2. The Hall–Kier alpha value is -3.00. The molecular formula is C21H20N2O5S. The third-order valence-corrected chi connectivity index (χ3v) is 7.66. The predicted molar refractivity (Wildman–Crippen MR) is 104 cm³/mol. The Kier molecular flexibility index (Phi) is 5.19. The van der Waals surface area contributed by atoms with Crippen molar-refractivity contribution in [2.75, 3.05) is 0 Å². The van der Waals surface area contributed by atoms with Crippen molar-refractivity contribution in [2.24, 2.45) is 0 Å². The molecule has 0 saturated heterocycles. The number of hydrogen-bond acceptors (Lipinski definition) is 7. The Morgan fingerprint density at radius 1 is 0.966 bits per heavy atom. The number of esters is 1. The van der Waals surface area contributed by atoms with Crippen molar-refractivity contribution in [3.05, 3.63) is 66.6 Å². The fraction of sp³-hybridized carbons (Fsp3) is 0.286. The zero-order chi connectivity index (χ0) is 20.3. The van der Waals surface area contributed by atoms with Gasteiger partial charge in [0.25, 0.3) is 5.89 Å². The fourth-order valence-corrected chi connectivity index (χ4v) is 5.69. The van der Waals surface area contributed by atoms with E-state index in [1.807, 2.05) is 30.3 Å². The van der Waals surface area contributed by atoms with Gasteiger partial charge in [-0.15, -0.1) is 10.2 Å². The van der Waals surface area contributed by atoms with Crippen LogP contribution >= 0.6 is 0 Å². The van der Waals surface area contributed by atoms with Crippen LogP contribution < -0.4 is 0 Å². The highest BCUT2D eigenvalue weighted by molar-refractivity contribution is 7.93. The van der Waals surface area contributed by atoms with Gasteiger partial charge in [0.2, 0.25) is 5.89 Å². The lowest BCUT2D eigenvalue weighted by Crippen LogP contribution is -2.45. The van der Waals surface area contributed by atoms with Crippen molar-refractivity contribution in [1.29, 1.82) is 0 Å². The van der Waals surface area contributed by atoms with Crippen LogP contribution in [-0.2, 0) is 26.0 Å². The highest BCUT2D eigenvalue weighted by atomic mass is 32.2. The van der Waals surface area contributed by atoms with Crippen molar-refractivity contribution >= 4 is 15.8 Å². The van der Waals surface area contributed by atoms with Crippen LogP contribution in [0.1, 0.15) is 31.6 Å². The summed E-state index contributed by atoms with van der Waals surface area (Å²) in [5.41, 5.74) is 0.747. The van der Waals surface area contributed by atoms with E-state index in [9.17, 15) is 13.2 Å². The first-order valence-corrected chi connectivity index (χ1v) is 10.9. The van der Waals surface area contributed by atoms with E-state index in [0.717, 1.165) is 5.56 Å². The molecule has 3 aromatic rings. The number of benzene rings is 2. The van der Waals surface area contributed by atoms with Gasteiger partial charge in [0.1, 0.15) is 0 Å². The molecule has 2 aromatic carbocycles. The van der Waals surface area contributed by atoms with Gasteiger partial charge in [-0.25, -0.2) is 8.42 Å². The van der Waals surface area contributed by atoms with Gasteiger partial charge in [-0.05, 0) is 37.1 Å². The minimum Gasteiger partial charge on any atom is -0.454 e. The Labute approximate surface area is 168 Å². The summed E-state index contributed by atoms with van der Waals surface area (Å²) in [7, 11) is -3.88. The first kappa shape index (κ1) is 19.3. The molecule has 0 amide bonds. The third kappa shape index (κ3) is 3.55. The summed E-state index contributed by atoms with van der Waals surface area (Å²) in [6, 6.07) is 17.2. The maximum Gasteiger partial charge on any atom is 0.328 e. The summed E-state index contributed by atoms with van der Waals surface area (Å²) < 4.78 is 35.8. The molecule has 0 atom stereocenters. The topological polar surface area (TPSA) is 99.4 Å². The predicted octanol–water partition coefficient (Wildman–Crippen LogP) is 3.57. The van der Waals surface area contributed by atoms with E-state index in [-0.39, 0.29) is 30.2 Å². The van der Waals surface area contributed by atoms with Gasteiger partial charge in [0.15, 0.2) is 21.2 Å². The standard InChI is InChI=1S/C21H20N2O5S/c24-20(27-15-18-22-23-19(28-18)16-9-3-1-4-10-16)21(13-7-8-14-21)29(25,26)17-11-5-2-6-12-17/h1-6,9-12H,7-8,13-15H2. The number of aromatic nitrogens is 2. The van der Waals surface area contributed by atoms with Crippen molar-refractivity contribution in [3.8, 4) is 11.5 Å². The lowest BCUT2D eigenvalue weighted by Gasteiger charge is -2.26. The van der Waals surface area contributed by atoms with E-state index in [1.165, 1.54) is 12.1 Å². The Morgan fingerprint density at radius 3 is 2.24 bits per heavy atom. The molecular weight excluding hydrogens is 392 g/mol. The van der Waals surface area contributed by atoms with Crippen molar-refractivity contribution in [3.63, 3.8) is 0 Å². The van der Waals surface area contributed by atoms with Crippen LogP contribution in [0.2, 0.25) is 0 Å². The molecule has 1 aromatic heterocycles. The van der Waals surface area contributed by atoms with Gasteiger partial charge in [-0.1, -0.05) is 49.2 Å². The molecule has 1 aliphatic rings. The lowest BCUT2D eigenvalue weighted by atomic mass is 10.1. The first-order valence-electron chi connectivity index (χ1n) is 9.38. The maximum atomic E-state index is 13.2. The normalized spacial score (nSPS) is 15.9. The summed E-state index contributed by atoms with van der Waals surface area (Å²) in [6.45, 7) is -0.273. The second kappa shape index (κ2) is 7.79. The molecule has 7 nitrogen and oxygen atoms in total. The minimum atomic E-state index is -3.88. The molecule has 0 N–H and O–H groups in total. The van der Waals surface area contributed by atoms with Gasteiger partial charge < -0.3 is 9.15 Å². The van der Waals surface area contributed by atoms with E-state index in [2.05, 4.69) is 10.2 Å². The second-order valence-electron chi connectivity index (χ2n) is 6.96. The van der Waals surface area contributed by atoms with E-state index >= 15 is 0 Å².